The summed E-state index contributed by atoms with van der Waals surface area (Å²) in [7, 11) is 0. The molecule has 2 aromatic rings. The maximum atomic E-state index is 12.7. The lowest BCUT2D eigenvalue weighted by molar-refractivity contribution is -0.142. The quantitative estimate of drug-likeness (QED) is 0.552. The van der Waals surface area contributed by atoms with Crippen molar-refractivity contribution in [3.8, 4) is 11.1 Å². The molecule has 0 radical (unpaired) electrons. The smallest absolute Gasteiger partial charge is 0.251 e. The Hall–Kier alpha value is -2.00. The molecule has 0 unspecified atom stereocenters. The largest absolute Gasteiger partial charge is 0.368 e. The summed E-state index contributed by atoms with van der Waals surface area (Å²) in [6.07, 6.45) is 5.08. The molecule has 1 amide bonds. The van der Waals surface area contributed by atoms with Crippen molar-refractivity contribution in [2.45, 2.75) is 50.3 Å². The third kappa shape index (κ3) is 4.07. The van der Waals surface area contributed by atoms with Crippen molar-refractivity contribution >= 4 is 17.5 Å². The van der Waals surface area contributed by atoms with Crippen molar-refractivity contribution in [3.05, 3.63) is 58.6 Å². The topological polar surface area (TPSA) is 77.7 Å². The van der Waals surface area contributed by atoms with Gasteiger partial charge in [0.1, 0.15) is 12.3 Å². The highest BCUT2D eigenvalue weighted by Crippen LogP contribution is 2.65. The molecule has 1 spiro atoms. The average molecular weight is 468 g/mol. The number of piperidine rings is 1. The van der Waals surface area contributed by atoms with E-state index in [0.29, 0.717) is 11.3 Å². The van der Waals surface area contributed by atoms with Crippen LogP contribution in [0, 0.1) is 5.41 Å². The van der Waals surface area contributed by atoms with Crippen LogP contribution < -0.4 is 21.9 Å². The first-order chi connectivity index (χ1) is 16.1. The fraction of sp³-hybridized carbons (Fsp3) is 0.480. The molecule has 4 N–H and O–H groups in total. The van der Waals surface area contributed by atoms with E-state index in [1.165, 1.54) is 12.0 Å². The lowest BCUT2D eigenvalue weighted by atomic mass is 9.88. The molecule has 8 heteroatoms. The van der Waals surface area contributed by atoms with E-state index in [4.69, 9.17) is 16.3 Å². The number of likely N-dealkylation sites (tertiary alicyclic amines) is 1. The highest BCUT2D eigenvalue weighted by Gasteiger charge is 2.55. The van der Waals surface area contributed by atoms with Gasteiger partial charge in [-0.15, -0.1) is 0 Å². The maximum absolute atomic E-state index is 12.7. The molecule has 3 aliphatic heterocycles. The van der Waals surface area contributed by atoms with Gasteiger partial charge in [0.25, 0.3) is 5.91 Å². The molecule has 7 nitrogen and oxygen atoms in total. The molecular weight excluding hydrogens is 438 g/mol. The number of halogens is 1. The zero-order chi connectivity index (χ0) is 22.4. The molecule has 3 heterocycles. The summed E-state index contributed by atoms with van der Waals surface area (Å²) in [6, 6.07) is 15.0. The summed E-state index contributed by atoms with van der Waals surface area (Å²) in [5.41, 5.74) is 16.9. The molecule has 0 aromatic heterocycles. The zero-order valence-electron chi connectivity index (χ0n) is 18.6. The number of nitrogens with zero attached hydrogens (tertiary/aromatic N) is 1. The lowest BCUT2D eigenvalue weighted by Gasteiger charge is -2.34. The van der Waals surface area contributed by atoms with Gasteiger partial charge in [-0.05, 0) is 72.3 Å². The van der Waals surface area contributed by atoms with Crippen molar-refractivity contribution in [2.75, 3.05) is 19.7 Å². The minimum atomic E-state index is -0.195. The van der Waals surface area contributed by atoms with Gasteiger partial charge in [-0.1, -0.05) is 41.9 Å². The van der Waals surface area contributed by atoms with Gasteiger partial charge in [-0.25, -0.2) is 10.9 Å². The normalized spacial score (nSPS) is 26.8. The van der Waals surface area contributed by atoms with Crippen LogP contribution in [0.2, 0.25) is 5.02 Å². The number of carbonyl (C=O) groups is 1. The van der Waals surface area contributed by atoms with Crippen LogP contribution in [-0.2, 0) is 9.53 Å². The van der Waals surface area contributed by atoms with Crippen molar-refractivity contribution in [1.29, 1.82) is 0 Å². The number of carbonyl (C=O) groups excluding carboxylic acids is 1. The second kappa shape index (κ2) is 8.65. The highest BCUT2D eigenvalue weighted by atomic mass is 35.5. The summed E-state index contributed by atoms with van der Waals surface area (Å²) in [5.74, 6) is 0.801. The monoisotopic (exact) mass is 467 g/mol. The van der Waals surface area contributed by atoms with Gasteiger partial charge >= 0.3 is 0 Å². The van der Waals surface area contributed by atoms with E-state index in [9.17, 15) is 4.79 Å². The van der Waals surface area contributed by atoms with Gasteiger partial charge < -0.3 is 9.64 Å². The maximum Gasteiger partial charge on any atom is 0.251 e. The van der Waals surface area contributed by atoms with Crippen LogP contribution in [0.4, 0.5) is 0 Å². The molecule has 4 aliphatic rings. The molecule has 0 bridgehead atoms. The van der Waals surface area contributed by atoms with Crippen molar-refractivity contribution < 1.29 is 9.53 Å². The standard InChI is InChI=1S/C25H30ClN5O2/c26-21-8-7-18(23-27-29-30-28-23)14-19(21)16-3-5-17(6-4-16)20-15-25(20)9-11-31(12-10-25)24(32)22-2-1-13-33-22/h3-8,14,20,22-23,27-30H,1-2,9-13,15H2/t20-,22+/m0/s1. The molecule has 2 atom stereocenters. The summed E-state index contributed by atoms with van der Waals surface area (Å²) in [4.78, 5) is 14.7. The van der Waals surface area contributed by atoms with Gasteiger partial charge in [0.05, 0.1) is 0 Å². The molecule has 4 fully saturated rings. The van der Waals surface area contributed by atoms with Crippen molar-refractivity contribution in [1.82, 2.24) is 26.8 Å². The Balaban J connectivity index is 1.12. The zero-order valence-corrected chi connectivity index (χ0v) is 19.3. The fourth-order valence-corrected chi connectivity index (χ4v) is 6.00. The third-order valence-electron chi connectivity index (χ3n) is 7.91. The average Bonchev–Trinajstić information content (AvgIpc) is 3.28. The Morgan fingerprint density at radius 1 is 1.03 bits per heavy atom. The summed E-state index contributed by atoms with van der Waals surface area (Å²) in [6.45, 7) is 2.45. The Morgan fingerprint density at radius 2 is 1.76 bits per heavy atom. The molecule has 3 saturated heterocycles. The Kier molecular flexibility index (Phi) is 5.64. The minimum Gasteiger partial charge on any atom is -0.368 e. The highest BCUT2D eigenvalue weighted by molar-refractivity contribution is 6.33. The van der Waals surface area contributed by atoms with Crippen LogP contribution in [-0.4, -0.2) is 36.6 Å². The molecule has 2 aromatic carbocycles. The van der Waals surface area contributed by atoms with E-state index < -0.39 is 0 Å². The van der Waals surface area contributed by atoms with E-state index in [2.05, 4.69) is 52.3 Å². The Labute approximate surface area is 199 Å². The predicted octanol–water partition coefficient (Wildman–Crippen LogP) is 3.40. The van der Waals surface area contributed by atoms with E-state index in [1.807, 2.05) is 17.0 Å². The second-order valence-corrected chi connectivity index (χ2v) is 10.2. The van der Waals surface area contributed by atoms with E-state index in [1.54, 1.807) is 0 Å². The van der Waals surface area contributed by atoms with Crippen LogP contribution in [0.5, 0.6) is 0 Å². The van der Waals surface area contributed by atoms with Crippen LogP contribution in [0.25, 0.3) is 11.1 Å². The Morgan fingerprint density at radius 3 is 2.45 bits per heavy atom. The number of ether oxygens (including phenoxy) is 1. The third-order valence-corrected chi connectivity index (χ3v) is 8.24. The van der Waals surface area contributed by atoms with Crippen molar-refractivity contribution in [3.63, 3.8) is 0 Å². The molecule has 174 valence electrons. The number of rotatable bonds is 4. The SMILES string of the molecule is O=C([C@H]1CCCO1)N1CCC2(CC1)C[C@H]2c1ccc(-c2cc(C3NNNN3)ccc2Cl)cc1. The van der Waals surface area contributed by atoms with Crippen LogP contribution in [0.15, 0.2) is 42.5 Å². The van der Waals surface area contributed by atoms with E-state index in [0.717, 1.165) is 67.1 Å². The van der Waals surface area contributed by atoms with Gasteiger partial charge in [0.2, 0.25) is 0 Å². The molecule has 1 aliphatic carbocycles. The Bertz CT molecular complexity index is 1030. The number of hydrazine groups is 3. The van der Waals surface area contributed by atoms with Gasteiger partial charge in [-0.3, -0.25) is 4.79 Å². The van der Waals surface area contributed by atoms with Crippen LogP contribution in [0.3, 0.4) is 0 Å². The number of hydrogen-bond acceptors (Lipinski definition) is 6. The van der Waals surface area contributed by atoms with E-state index in [-0.39, 0.29) is 18.2 Å². The van der Waals surface area contributed by atoms with Gasteiger partial charge in [0.15, 0.2) is 0 Å². The first-order valence-corrected chi connectivity index (χ1v) is 12.3. The second-order valence-electron chi connectivity index (χ2n) is 9.78. The number of benzene rings is 2. The molecule has 1 saturated carbocycles. The first kappa shape index (κ1) is 21.5. The first-order valence-electron chi connectivity index (χ1n) is 11.9. The molecule has 6 rings (SSSR count). The summed E-state index contributed by atoms with van der Waals surface area (Å²) < 4.78 is 5.60. The minimum absolute atomic E-state index is 0.0235. The van der Waals surface area contributed by atoms with Crippen LogP contribution >= 0.6 is 11.6 Å². The lowest BCUT2D eigenvalue weighted by Crippen LogP contribution is -2.44. The van der Waals surface area contributed by atoms with Crippen LogP contribution in [0.1, 0.15) is 55.3 Å². The van der Waals surface area contributed by atoms with Crippen molar-refractivity contribution in [2.24, 2.45) is 5.41 Å². The summed E-state index contributed by atoms with van der Waals surface area (Å²) >= 11 is 6.54. The van der Waals surface area contributed by atoms with Gasteiger partial charge in [0, 0.05) is 30.3 Å². The van der Waals surface area contributed by atoms with Gasteiger partial charge in [-0.2, -0.15) is 11.1 Å². The number of hydrogen-bond donors (Lipinski definition) is 4. The fourth-order valence-electron chi connectivity index (χ4n) is 5.78. The molecule has 33 heavy (non-hydrogen) atoms. The number of nitrogens with one attached hydrogen (secondary N) is 4. The van der Waals surface area contributed by atoms with E-state index >= 15 is 0 Å². The predicted molar refractivity (Wildman–Crippen MR) is 127 cm³/mol. The number of amides is 1. The summed E-state index contributed by atoms with van der Waals surface area (Å²) in [5, 5.41) is 0.747. The molecular formula is C25H30ClN5O2.